The van der Waals surface area contributed by atoms with E-state index in [9.17, 15) is 0 Å². The second-order valence-corrected chi connectivity index (χ2v) is 10.5. The van der Waals surface area contributed by atoms with Gasteiger partial charge < -0.3 is 0 Å². The molecule has 0 aromatic heterocycles. The first-order valence-electron chi connectivity index (χ1n) is 12.5. The molecule has 0 heterocycles. The van der Waals surface area contributed by atoms with Gasteiger partial charge in [-0.15, -0.1) is 0 Å². The summed E-state index contributed by atoms with van der Waals surface area (Å²) in [4.78, 5) is 0. The van der Waals surface area contributed by atoms with Gasteiger partial charge in [-0.25, -0.2) is 0 Å². The Morgan fingerprint density at radius 2 is 1.06 bits per heavy atom. The van der Waals surface area contributed by atoms with E-state index in [0.29, 0.717) is 0 Å². The molecule has 35 heavy (non-hydrogen) atoms. The van der Waals surface area contributed by atoms with Crippen molar-refractivity contribution in [2.24, 2.45) is 10.8 Å². The van der Waals surface area contributed by atoms with Gasteiger partial charge in [0.1, 0.15) is 0 Å². The fourth-order valence-electron chi connectivity index (χ4n) is 6.71. The quantitative estimate of drug-likeness (QED) is 0.348. The summed E-state index contributed by atoms with van der Waals surface area (Å²) in [7, 11) is 0. The van der Waals surface area contributed by atoms with E-state index < -0.39 is 0 Å². The Labute approximate surface area is 207 Å². The molecule has 3 aromatic rings. The predicted octanol–water partition coefficient (Wildman–Crippen LogP) is 9.13. The predicted molar refractivity (Wildman–Crippen MR) is 150 cm³/mol. The van der Waals surface area contributed by atoms with Crippen molar-refractivity contribution in [2.75, 3.05) is 0 Å². The molecular formula is C35H28. The summed E-state index contributed by atoms with van der Waals surface area (Å²) in [6.45, 7) is 7.06. The van der Waals surface area contributed by atoms with Gasteiger partial charge in [0.15, 0.2) is 0 Å². The number of allylic oxidation sites excluding steroid dienone is 14. The fourth-order valence-corrected chi connectivity index (χ4v) is 6.71. The van der Waals surface area contributed by atoms with E-state index in [-0.39, 0.29) is 10.8 Å². The highest BCUT2D eigenvalue weighted by Gasteiger charge is 2.55. The molecule has 3 aromatic carbocycles. The second kappa shape index (κ2) is 7.06. The minimum atomic E-state index is -0.0767. The van der Waals surface area contributed by atoms with E-state index in [2.05, 4.69) is 136 Å². The number of fused-ring (bicyclic) bond motifs is 4. The highest BCUT2D eigenvalue weighted by molar-refractivity contribution is 5.98. The molecule has 0 saturated carbocycles. The third kappa shape index (κ3) is 2.63. The molecule has 2 atom stereocenters. The summed E-state index contributed by atoms with van der Waals surface area (Å²) in [5.41, 5.74) is 9.38. The highest BCUT2D eigenvalue weighted by atomic mass is 14.6. The van der Waals surface area contributed by atoms with Crippen LogP contribution in [0.3, 0.4) is 0 Å². The van der Waals surface area contributed by atoms with Crippen molar-refractivity contribution in [1.82, 2.24) is 0 Å². The van der Waals surface area contributed by atoms with Crippen molar-refractivity contribution >= 4 is 27.1 Å². The molecule has 7 rings (SSSR count). The summed E-state index contributed by atoms with van der Waals surface area (Å²) in [5, 5.41) is 5.06. The lowest BCUT2D eigenvalue weighted by atomic mass is 9.46. The van der Waals surface area contributed by atoms with E-state index in [1.165, 1.54) is 60.5 Å². The molecule has 4 aliphatic carbocycles. The maximum atomic E-state index is 2.44. The molecule has 0 saturated heterocycles. The van der Waals surface area contributed by atoms with Crippen LogP contribution in [0, 0.1) is 17.8 Å². The van der Waals surface area contributed by atoms with Crippen LogP contribution in [0.15, 0.2) is 138 Å². The summed E-state index contributed by atoms with van der Waals surface area (Å²) < 4.78 is 0. The van der Waals surface area contributed by atoms with E-state index in [1.807, 2.05) is 0 Å². The average Bonchev–Trinajstić information content (AvgIpc) is 2.85. The van der Waals surface area contributed by atoms with Crippen LogP contribution in [0.25, 0.3) is 27.1 Å². The normalized spacial score (nSPS) is 25.9. The minimum absolute atomic E-state index is 0.0440. The van der Waals surface area contributed by atoms with Gasteiger partial charge in [-0.2, -0.15) is 0 Å². The molecule has 2 unspecified atom stereocenters. The Morgan fingerprint density at radius 3 is 1.77 bits per heavy atom. The first kappa shape index (κ1) is 20.5. The lowest BCUT2D eigenvalue weighted by Gasteiger charge is -2.56. The van der Waals surface area contributed by atoms with Crippen molar-refractivity contribution in [2.45, 2.75) is 20.8 Å². The first-order valence-corrected chi connectivity index (χ1v) is 12.5. The number of hydrogen-bond acceptors (Lipinski definition) is 0. The van der Waals surface area contributed by atoms with E-state index in [1.54, 1.807) is 0 Å². The Bertz CT molecular complexity index is 1650. The number of benzene rings is 2. The molecule has 0 nitrogen and oxygen atoms in total. The lowest BCUT2D eigenvalue weighted by molar-refractivity contribution is 0.250. The summed E-state index contributed by atoms with van der Waals surface area (Å²) >= 11 is 0. The number of rotatable bonds is 1. The molecule has 168 valence electrons. The SMILES string of the molecule is Cc1c2cccc1ccc1cccc(cc2)c1C1=CC2=CC=C3C=CC=C4C=CC(=C1)C2(C)C43C. The van der Waals surface area contributed by atoms with Gasteiger partial charge in [0.2, 0.25) is 0 Å². The van der Waals surface area contributed by atoms with Crippen LogP contribution >= 0.6 is 0 Å². The molecule has 0 heteroatoms. The summed E-state index contributed by atoms with van der Waals surface area (Å²) in [5.74, 6) is 0. The zero-order chi connectivity index (χ0) is 23.8. The van der Waals surface area contributed by atoms with Crippen LogP contribution in [-0.2, 0) is 0 Å². The van der Waals surface area contributed by atoms with Crippen LogP contribution in [0.2, 0.25) is 0 Å². The molecular weight excluding hydrogens is 420 g/mol. The molecule has 0 aliphatic heterocycles. The molecule has 0 spiro atoms. The number of hydrogen-bond donors (Lipinski definition) is 0. The minimum Gasteiger partial charge on any atom is -0.0617 e. The average molecular weight is 449 g/mol. The van der Waals surface area contributed by atoms with Gasteiger partial charge >= 0.3 is 0 Å². The van der Waals surface area contributed by atoms with Crippen LogP contribution < -0.4 is 0 Å². The van der Waals surface area contributed by atoms with Crippen LogP contribution in [0.5, 0.6) is 0 Å². The van der Waals surface area contributed by atoms with Crippen molar-refractivity contribution < 1.29 is 0 Å². The Kier molecular flexibility index (Phi) is 4.13. The zero-order valence-electron chi connectivity index (χ0n) is 20.5. The maximum Gasteiger partial charge on any atom is 0.0309 e. The third-order valence-corrected chi connectivity index (χ3v) is 9.09. The van der Waals surface area contributed by atoms with E-state index >= 15 is 0 Å². The maximum absolute atomic E-state index is 2.44. The Balaban J connectivity index is 1.53. The topological polar surface area (TPSA) is 0 Å². The van der Waals surface area contributed by atoms with Crippen LogP contribution in [-0.4, -0.2) is 0 Å². The van der Waals surface area contributed by atoms with Gasteiger partial charge in [-0.1, -0.05) is 129 Å². The largest absolute Gasteiger partial charge is 0.0617 e. The Morgan fingerprint density at radius 1 is 0.514 bits per heavy atom. The molecule has 4 aliphatic rings. The van der Waals surface area contributed by atoms with Crippen molar-refractivity contribution in [3.8, 4) is 0 Å². The van der Waals surface area contributed by atoms with Gasteiger partial charge in [0.05, 0.1) is 0 Å². The first-order chi connectivity index (χ1) is 17.0. The smallest absolute Gasteiger partial charge is 0.0309 e. The lowest BCUT2D eigenvalue weighted by Crippen LogP contribution is -2.47. The van der Waals surface area contributed by atoms with Crippen molar-refractivity contribution in [3.05, 3.63) is 149 Å². The van der Waals surface area contributed by atoms with Gasteiger partial charge in [0.25, 0.3) is 0 Å². The van der Waals surface area contributed by atoms with Gasteiger partial charge in [-0.3, -0.25) is 0 Å². The van der Waals surface area contributed by atoms with E-state index in [4.69, 9.17) is 0 Å². The molecule has 4 bridgehead atoms. The number of aryl methyl sites for hydroxylation is 1. The molecule has 0 amide bonds. The second-order valence-electron chi connectivity index (χ2n) is 10.5. The van der Waals surface area contributed by atoms with Crippen LogP contribution in [0.4, 0.5) is 0 Å². The fraction of sp³-hybridized carbons (Fsp3) is 0.143. The van der Waals surface area contributed by atoms with Gasteiger partial charge in [0, 0.05) is 10.8 Å². The van der Waals surface area contributed by atoms with Crippen LogP contribution in [0.1, 0.15) is 25.0 Å². The van der Waals surface area contributed by atoms with Crippen molar-refractivity contribution in [1.29, 1.82) is 0 Å². The van der Waals surface area contributed by atoms with Crippen molar-refractivity contribution in [3.63, 3.8) is 0 Å². The summed E-state index contributed by atoms with van der Waals surface area (Å²) in [6, 6.07) is 22.3. The molecule has 0 N–H and O–H groups in total. The highest BCUT2D eigenvalue weighted by Crippen LogP contribution is 2.65. The summed E-state index contributed by atoms with van der Waals surface area (Å²) in [6.07, 6.45) is 21.0. The van der Waals surface area contributed by atoms with Gasteiger partial charge in [-0.05, 0) is 67.5 Å². The Hall–Kier alpha value is -3.90. The zero-order valence-corrected chi connectivity index (χ0v) is 20.5. The molecule has 0 fully saturated rings. The molecule has 0 radical (unpaired) electrons. The third-order valence-electron chi connectivity index (χ3n) is 9.09. The standard InChI is InChI=1S/C35H28/c1-23-24-7-4-8-25(23)14-16-27-10-5-9-26(15-13-24)33(27)28-21-31-19-17-29-11-6-12-30-18-20-32(22-28)35(31,3)34(29,30)2/h4-22H,1-3H3. The van der Waals surface area contributed by atoms with E-state index in [0.717, 1.165) is 0 Å². The monoisotopic (exact) mass is 448 g/mol.